The molecule has 0 amide bonds. The van der Waals surface area contributed by atoms with Crippen molar-refractivity contribution in [3.05, 3.63) is 0 Å². The first-order valence-electron chi connectivity index (χ1n) is 5.14. The highest BCUT2D eigenvalue weighted by Crippen LogP contribution is 1.92. The number of azo groups is 1. The molecule has 16 heavy (non-hydrogen) atoms. The molecule has 0 unspecified atom stereocenters. The predicted molar refractivity (Wildman–Crippen MR) is 57.0 cm³/mol. The van der Waals surface area contributed by atoms with Gasteiger partial charge in [0.2, 0.25) is 0 Å². The quantitative estimate of drug-likeness (QED) is 0.509. The van der Waals surface area contributed by atoms with E-state index in [1.165, 1.54) is 0 Å². The van der Waals surface area contributed by atoms with Crippen molar-refractivity contribution < 1.29 is 19.1 Å². The molecule has 0 aromatic rings. The van der Waals surface area contributed by atoms with Crippen LogP contribution < -0.4 is 0 Å². The molecule has 0 radical (unpaired) electrons. The summed E-state index contributed by atoms with van der Waals surface area (Å²) >= 11 is 0. The molecule has 6 nitrogen and oxygen atoms in total. The monoisotopic (exact) mass is 230 g/mol. The van der Waals surface area contributed by atoms with Crippen LogP contribution in [0.15, 0.2) is 10.2 Å². The molecule has 0 saturated carbocycles. The second-order valence-electron chi connectivity index (χ2n) is 3.68. The van der Waals surface area contributed by atoms with Crippen molar-refractivity contribution in [3.63, 3.8) is 0 Å². The van der Waals surface area contributed by atoms with Crippen LogP contribution in [0.5, 0.6) is 0 Å². The molecular weight excluding hydrogens is 212 g/mol. The van der Waals surface area contributed by atoms with Gasteiger partial charge in [0.1, 0.15) is 0 Å². The lowest BCUT2D eigenvalue weighted by Crippen LogP contribution is -2.15. The third-order valence-corrected chi connectivity index (χ3v) is 1.23. The smallest absolute Gasteiger partial charge is 0.329 e. The number of esters is 2. The first-order chi connectivity index (χ1) is 7.41. The summed E-state index contributed by atoms with van der Waals surface area (Å²) in [7, 11) is 0. The van der Waals surface area contributed by atoms with Gasteiger partial charge in [-0.25, -0.2) is 9.59 Å². The number of carbonyl (C=O) groups is 2. The molecule has 0 heterocycles. The van der Waals surface area contributed by atoms with Gasteiger partial charge >= 0.3 is 11.9 Å². The van der Waals surface area contributed by atoms with Crippen molar-refractivity contribution in [2.75, 3.05) is 13.1 Å². The molecule has 0 aliphatic carbocycles. The SMILES string of the molecule is CC(C)OC(=O)CN=NCC(=O)OC(C)C. The minimum atomic E-state index is -0.462. The van der Waals surface area contributed by atoms with Gasteiger partial charge < -0.3 is 9.47 Å². The number of ether oxygens (including phenoxy) is 2. The molecule has 0 aromatic heterocycles. The molecule has 0 aromatic carbocycles. The van der Waals surface area contributed by atoms with E-state index < -0.39 is 11.9 Å². The van der Waals surface area contributed by atoms with Gasteiger partial charge in [0, 0.05) is 0 Å². The van der Waals surface area contributed by atoms with Crippen molar-refractivity contribution in [1.29, 1.82) is 0 Å². The van der Waals surface area contributed by atoms with E-state index in [0.717, 1.165) is 0 Å². The van der Waals surface area contributed by atoms with Crippen LogP contribution in [0.2, 0.25) is 0 Å². The maximum Gasteiger partial charge on any atom is 0.329 e. The molecule has 92 valence electrons. The van der Waals surface area contributed by atoms with Gasteiger partial charge in [-0.2, -0.15) is 10.2 Å². The third-order valence-electron chi connectivity index (χ3n) is 1.23. The normalized spacial score (nSPS) is 11.1. The molecule has 0 N–H and O–H groups in total. The Labute approximate surface area is 95.0 Å². The van der Waals surface area contributed by atoms with E-state index >= 15 is 0 Å². The van der Waals surface area contributed by atoms with Crippen LogP contribution in [-0.2, 0) is 19.1 Å². The van der Waals surface area contributed by atoms with Crippen LogP contribution in [0, 0.1) is 0 Å². The number of carbonyl (C=O) groups excluding carboxylic acids is 2. The van der Waals surface area contributed by atoms with Crippen LogP contribution in [0.25, 0.3) is 0 Å². The number of nitrogens with zero attached hydrogens (tertiary/aromatic N) is 2. The van der Waals surface area contributed by atoms with Gasteiger partial charge in [-0.1, -0.05) is 0 Å². The van der Waals surface area contributed by atoms with Gasteiger partial charge in [0.25, 0.3) is 0 Å². The van der Waals surface area contributed by atoms with Gasteiger partial charge in [0.05, 0.1) is 12.2 Å². The molecule has 6 heteroatoms. The van der Waals surface area contributed by atoms with E-state index in [-0.39, 0.29) is 25.3 Å². The maximum atomic E-state index is 11.0. The van der Waals surface area contributed by atoms with Crippen LogP contribution in [0.1, 0.15) is 27.7 Å². The lowest BCUT2D eigenvalue weighted by molar-refractivity contribution is -0.147. The second-order valence-corrected chi connectivity index (χ2v) is 3.68. The second kappa shape index (κ2) is 7.78. The summed E-state index contributed by atoms with van der Waals surface area (Å²) in [6.07, 6.45) is -0.345. The molecule has 0 saturated heterocycles. The van der Waals surface area contributed by atoms with Crippen molar-refractivity contribution in [2.45, 2.75) is 39.9 Å². The van der Waals surface area contributed by atoms with Gasteiger partial charge in [-0.3, -0.25) is 0 Å². The van der Waals surface area contributed by atoms with Crippen LogP contribution >= 0.6 is 0 Å². The lowest BCUT2D eigenvalue weighted by atomic mass is 10.5. The Hall–Kier alpha value is -1.46. The van der Waals surface area contributed by atoms with Crippen LogP contribution in [-0.4, -0.2) is 37.2 Å². The first kappa shape index (κ1) is 14.5. The summed E-state index contributed by atoms with van der Waals surface area (Å²) in [5, 5.41) is 7.04. The van der Waals surface area contributed by atoms with Gasteiger partial charge in [-0.15, -0.1) is 0 Å². The van der Waals surface area contributed by atoms with E-state index in [1.54, 1.807) is 27.7 Å². The summed E-state index contributed by atoms with van der Waals surface area (Å²) in [6.45, 7) is 6.63. The molecule has 0 bridgehead atoms. The predicted octanol–water partition coefficient (Wildman–Crippen LogP) is 1.34. The number of hydrogen-bond donors (Lipinski definition) is 0. The minimum absolute atomic E-state index is 0.173. The average molecular weight is 230 g/mol. The topological polar surface area (TPSA) is 77.3 Å². The molecular formula is C10H18N2O4. The van der Waals surface area contributed by atoms with E-state index in [2.05, 4.69) is 10.2 Å². The minimum Gasteiger partial charge on any atom is -0.462 e. The zero-order chi connectivity index (χ0) is 12.6. The van der Waals surface area contributed by atoms with Gasteiger partial charge in [-0.05, 0) is 27.7 Å². The third kappa shape index (κ3) is 9.11. The Kier molecular flexibility index (Phi) is 7.07. The average Bonchev–Trinajstić information content (AvgIpc) is 2.10. The summed E-state index contributed by atoms with van der Waals surface area (Å²) in [5.74, 6) is -0.924. The Morgan fingerprint density at radius 2 is 1.19 bits per heavy atom. The summed E-state index contributed by atoms with van der Waals surface area (Å²) in [4.78, 5) is 22.0. The number of rotatable bonds is 6. The Bertz CT molecular complexity index is 236. The van der Waals surface area contributed by atoms with Gasteiger partial charge in [0.15, 0.2) is 13.1 Å². The maximum absolute atomic E-state index is 11.0. The highest BCUT2D eigenvalue weighted by molar-refractivity contribution is 5.72. The van der Waals surface area contributed by atoms with Crippen molar-refractivity contribution >= 4 is 11.9 Å². The largest absolute Gasteiger partial charge is 0.462 e. The highest BCUT2D eigenvalue weighted by atomic mass is 16.5. The van der Waals surface area contributed by atoms with E-state index in [0.29, 0.717) is 0 Å². The first-order valence-corrected chi connectivity index (χ1v) is 5.14. The standard InChI is InChI=1S/C10H18N2O4/c1-7(2)15-9(13)5-11-12-6-10(14)16-8(3)4/h7-8H,5-6H2,1-4H3. The summed E-state index contributed by atoms with van der Waals surface area (Å²) in [5.41, 5.74) is 0. The molecule has 0 fully saturated rings. The molecule has 0 spiro atoms. The fourth-order valence-electron chi connectivity index (χ4n) is 0.816. The van der Waals surface area contributed by atoms with Crippen LogP contribution in [0.4, 0.5) is 0 Å². The van der Waals surface area contributed by atoms with Crippen molar-refractivity contribution in [1.82, 2.24) is 0 Å². The Morgan fingerprint density at radius 1 is 0.875 bits per heavy atom. The molecule has 0 aliphatic rings. The highest BCUT2D eigenvalue weighted by Gasteiger charge is 2.05. The summed E-state index contributed by atoms with van der Waals surface area (Å²) in [6, 6.07) is 0. The zero-order valence-electron chi connectivity index (χ0n) is 10.1. The Morgan fingerprint density at radius 3 is 1.44 bits per heavy atom. The Balaban J connectivity index is 3.69. The van der Waals surface area contributed by atoms with Crippen LogP contribution in [0.3, 0.4) is 0 Å². The number of hydrogen-bond acceptors (Lipinski definition) is 6. The fraction of sp³-hybridized carbons (Fsp3) is 0.800. The van der Waals surface area contributed by atoms with E-state index in [9.17, 15) is 9.59 Å². The zero-order valence-corrected chi connectivity index (χ0v) is 10.1. The molecule has 0 aliphatic heterocycles. The van der Waals surface area contributed by atoms with Crippen molar-refractivity contribution in [2.24, 2.45) is 10.2 Å². The fourth-order valence-corrected chi connectivity index (χ4v) is 0.816. The molecule has 0 atom stereocenters. The van der Waals surface area contributed by atoms with E-state index in [1.807, 2.05) is 0 Å². The lowest BCUT2D eigenvalue weighted by Gasteiger charge is -2.05. The summed E-state index contributed by atoms with van der Waals surface area (Å²) < 4.78 is 9.63. The van der Waals surface area contributed by atoms with E-state index in [4.69, 9.17) is 9.47 Å². The van der Waals surface area contributed by atoms with Crippen molar-refractivity contribution in [3.8, 4) is 0 Å². The molecule has 0 rings (SSSR count).